The van der Waals surface area contributed by atoms with Crippen LogP contribution >= 0.6 is 11.3 Å². The van der Waals surface area contributed by atoms with Crippen molar-refractivity contribution in [2.24, 2.45) is 0 Å². The summed E-state index contributed by atoms with van der Waals surface area (Å²) in [5.41, 5.74) is 0.931. The highest BCUT2D eigenvalue weighted by molar-refractivity contribution is 7.18. The van der Waals surface area contributed by atoms with E-state index in [0.29, 0.717) is 0 Å². The zero-order chi connectivity index (χ0) is 12.3. The Balaban J connectivity index is 2.43. The monoisotopic (exact) mass is 251 g/mol. The van der Waals surface area contributed by atoms with Crippen LogP contribution in [0.3, 0.4) is 0 Å². The van der Waals surface area contributed by atoms with Crippen molar-refractivity contribution in [2.75, 3.05) is 26.6 Å². The molecular formula is C11H13N3O2S. The molecule has 2 rings (SSSR count). The number of ether oxygens (including phenoxy) is 2. The van der Waals surface area contributed by atoms with Crippen LogP contribution in [-0.2, 0) is 0 Å². The molecule has 1 N–H and O–H groups in total. The molecule has 2 aromatic rings. The van der Waals surface area contributed by atoms with Gasteiger partial charge in [-0.3, -0.25) is 0 Å². The zero-order valence-electron chi connectivity index (χ0n) is 9.85. The second kappa shape index (κ2) is 5.01. The van der Waals surface area contributed by atoms with Crippen LogP contribution in [0.15, 0.2) is 18.2 Å². The van der Waals surface area contributed by atoms with Gasteiger partial charge in [-0.1, -0.05) is 11.3 Å². The first-order valence-corrected chi connectivity index (χ1v) is 5.83. The standard InChI is InChI=1S/C11H13N3O2S/c1-12-11-14-13-10(17-11)7-4-8(15-2)6-9(5-7)16-3/h4-6H,1-3H3,(H,12,14). The third kappa shape index (κ3) is 2.47. The third-order valence-electron chi connectivity index (χ3n) is 2.24. The molecule has 0 saturated carbocycles. The Morgan fingerprint density at radius 3 is 2.18 bits per heavy atom. The summed E-state index contributed by atoms with van der Waals surface area (Å²) in [4.78, 5) is 0. The van der Waals surface area contributed by atoms with Gasteiger partial charge in [0, 0.05) is 18.7 Å². The van der Waals surface area contributed by atoms with Crippen LogP contribution in [0.1, 0.15) is 0 Å². The normalized spacial score (nSPS) is 10.1. The highest BCUT2D eigenvalue weighted by Crippen LogP contribution is 2.32. The van der Waals surface area contributed by atoms with Crippen molar-refractivity contribution in [1.82, 2.24) is 10.2 Å². The molecule has 0 aliphatic carbocycles. The lowest BCUT2D eigenvalue weighted by molar-refractivity contribution is 0.394. The van der Waals surface area contributed by atoms with Crippen LogP contribution in [0, 0.1) is 0 Å². The molecule has 6 heteroatoms. The molecule has 1 heterocycles. The van der Waals surface area contributed by atoms with E-state index in [4.69, 9.17) is 9.47 Å². The summed E-state index contributed by atoms with van der Waals surface area (Å²) in [6.45, 7) is 0. The molecule has 0 radical (unpaired) electrons. The first-order chi connectivity index (χ1) is 8.26. The van der Waals surface area contributed by atoms with Crippen molar-refractivity contribution >= 4 is 16.5 Å². The molecule has 17 heavy (non-hydrogen) atoms. The molecule has 0 fully saturated rings. The molecule has 0 unspecified atom stereocenters. The molecule has 1 aromatic heterocycles. The van der Waals surface area contributed by atoms with Gasteiger partial charge < -0.3 is 14.8 Å². The molecule has 5 nitrogen and oxygen atoms in total. The van der Waals surface area contributed by atoms with Crippen molar-refractivity contribution < 1.29 is 9.47 Å². The Labute approximate surface area is 103 Å². The first kappa shape index (κ1) is 11.7. The minimum atomic E-state index is 0.737. The van der Waals surface area contributed by atoms with Crippen molar-refractivity contribution in [3.05, 3.63) is 18.2 Å². The van der Waals surface area contributed by atoms with Crippen LogP contribution < -0.4 is 14.8 Å². The van der Waals surface area contributed by atoms with E-state index in [1.54, 1.807) is 14.2 Å². The van der Waals surface area contributed by atoms with Gasteiger partial charge in [0.25, 0.3) is 0 Å². The summed E-state index contributed by atoms with van der Waals surface area (Å²) < 4.78 is 10.4. The number of hydrogen-bond donors (Lipinski definition) is 1. The number of nitrogens with one attached hydrogen (secondary N) is 1. The molecule has 0 aliphatic heterocycles. The maximum atomic E-state index is 5.21. The molecule has 0 spiro atoms. The van der Waals surface area contributed by atoms with E-state index in [1.165, 1.54) is 11.3 Å². The van der Waals surface area contributed by atoms with E-state index in [0.717, 1.165) is 27.2 Å². The number of benzene rings is 1. The Hall–Kier alpha value is -1.82. The SMILES string of the molecule is CNc1nnc(-c2cc(OC)cc(OC)c2)s1. The van der Waals surface area contributed by atoms with E-state index < -0.39 is 0 Å². The molecule has 1 aromatic carbocycles. The smallest absolute Gasteiger partial charge is 0.205 e. The predicted octanol–water partition coefficient (Wildman–Crippen LogP) is 2.26. The summed E-state index contributed by atoms with van der Waals surface area (Å²) >= 11 is 1.48. The number of aromatic nitrogens is 2. The minimum Gasteiger partial charge on any atom is -0.497 e. The van der Waals surface area contributed by atoms with Gasteiger partial charge in [-0.05, 0) is 12.1 Å². The average molecular weight is 251 g/mol. The van der Waals surface area contributed by atoms with E-state index in [1.807, 2.05) is 25.2 Å². The lowest BCUT2D eigenvalue weighted by Gasteiger charge is -2.06. The lowest BCUT2D eigenvalue weighted by atomic mass is 10.2. The zero-order valence-corrected chi connectivity index (χ0v) is 10.7. The molecule has 90 valence electrons. The van der Waals surface area contributed by atoms with E-state index in [9.17, 15) is 0 Å². The molecule has 0 bridgehead atoms. The van der Waals surface area contributed by atoms with E-state index in [2.05, 4.69) is 15.5 Å². The van der Waals surface area contributed by atoms with Crippen molar-refractivity contribution in [2.45, 2.75) is 0 Å². The summed E-state index contributed by atoms with van der Waals surface area (Å²) in [5.74, 6) is 1.47. The predicted molar refractivity (Wildman–Crippen MR) is 68.0 cm³/mol. The topological polar surface area (TPSA) is 56.3 Å². The van der Waals surface area contributed by atoms with E-state index >= 15 is 0 Å². The second-order valence-electron chi connectivity index (χ2n) is 3.26. The Bertz CT molecular complexity index is 491. The Kier molecular flexibility index (Phi) is 3.43. The highest BCUT2D eigenvalue weighted by Gasteiger charge is 2.09. The fourth-order valence-electron chi connectivity index (χ4n) is 1.37. The largest absolute Gasteiger partial charge is 0.497 e. The summed E-state index contributed by atoms with van der Waals surface area (Å²) in [7, 11) is 5.06. The number of nitrogens with zero attached hydrogens (tertiary/aromatic N) is 2. The molecule has 0 saturated heterocycles. The highest BCUT2D eigenvalue weighted by atomic mass is 32.1. The van der Waals surface area contributed by atoms with Gasteiger partial charge >= 0.3 is 0 Å². The molecule has 0 aliphatic rings. The summed E-state index contributed by atoms with van der Waals surface area (Å²) in [6.07, 6.45) is 0. The van der Waals surface area contributed by atoms with Gasteiger partial charge in [0.05, 0.1) is 14.2 Å². The number of anilines is 1. The van der Waals surface area contributed by atoms with Gasteiger partial charge in [-0.2, -0.15) is 0 Å². The van der Waals surface area contributed by atoms with Crippen LogP contribution in [0.25, 0.3) is 10.6 Å². The summed E-state index contributed by atoms with van der Waals surface area (Å²) in [6, 6.07) is 5.63. The van der Waals surface area contributed by atoms with E-state index in [-0.39, 0.29) is 0 Å². The van der Waals surface area contributed by atoms with Gasteiger partial charge in [-0.15, -0.1) is 10.2 Å². The van der Waals surface area contributed by atoms with Crippen LogP contribution in [0.4, 0.5) is 5.13 Å². The maximum Gasteiger partial charge on any atom is 0.205 e. The third-order valence-corrected chi connectivity index (χ3v) is 3.23. The quantitative estimate of drug-likeness (QED) is 0.903. The van der Waals surface area contributed by atoms with Gasteiger partial charge in [-0.25, -0.2) is 0 Å². The van der Waals surface area contributed by atoms with Crippen molar-refractivity contribution in [3.8, 4) is 22.1 Å². The Morgan fingerprint density at radius 2 is 1.71 bits per heavy atom. The Morgan fingerprint density at radius 1 is 1.06 bits per heavy atom. The van der Waals surface area contributed by atoms with Gasteiger partial charge in [0.15, 0.2) is 0 Å². The van der Waals surface area contributed by atoms with Gasteiger partial charge in [0.1, 0.15) is 16.5 Å². The molecular weight excluding hydrogens is 238 g/mol. The fourth-order valence-corrected chi connectivity index (χ4v) is 2.06. The average Bonchev–Trinajstić information content (AvgIpc) is 2.86. The maximum absolute atomic E-state index is 5.21. The second-order valence-corrected chi connectivity index (χ2v) is 4.24. The van der Waals surface area contributed by atoms with Crippen LogP contribution in [-0.4, -0.2) is 31.5 Å². The van der Waals surface area contributed by atoms with Crippen LogP contribution in [0.2, 0.25) is 0 Å². The number of rotatable bonds is 4. The molecule has 0 atom stereocenters. The van der Waals surface area contributed by atoms with Crippen molar-refractivity contribution in [1.29, 1.82) is 0 Å². The first-order valence-electron chi connectivity index (χ1n) is 5.01. The fraction of sp³-hybridized carbons (Fsp3) is 0.273. The lowest BCUT2D eigenvalue weighted by Crippen LogP contribution is -1.88. The minimum absolute atomic E-state index is 0.737. The van der Waals surface area contributed by atoms with Gasteiger partial charge in [0.2, 0.25) is 5.13 Å². The molecule has 0 amide bonds. The van der Waals surface area contributed by atoms with Crippen LogP contribution in [0.5, 0.6) is 11.5 Å². The number of hydrogen-bond acceptors (Lipinski definition) is 6. The summed E-state index contributed by atoms with van der Waals surface area (Å²) in [5, 5.41) is 12.7. The number of methoxy groups -OCH3 is 2. The van der Waals surface area contributed by atoms with Crippen molar-refractivity contribution in [3.63, 3.8) is 0 Å².